The van der Waals surface area contributed by atoms with Crippen molar-refractivity contribution in [3.63, 3.8) is 0 Å². The van der Waals surface area contributed by atoms with Gasteiger partial charge in [-0.1, -0.05) is 0 Å². The minimum Gasteiger partial charge on any atom is -0.493 e. The monoisotopic (exact) mass is 393 g/mol. The van der Waals surface area contributed by atoms with Gasteiger partial charge in [-0.05, 0) is 18.2 Å². The van der Waals surface area contributed by atoms with E-state index in [4.69, 9.17) is 9.47 Å². The Hall–Kier alpha value is -2.81. The molecule has 1 saturated heterocycles. The smallest absolute Gasteiger partial charge is 0.417 e. The van der Waals surface area contributed by atoms with Crippen molar-refractivity contribution in [1.29, 1.82) is 0 Å². The van der Waals surface area contributed by atoms with Gasteiger partial charge in [0.1, 0.15) is 11.5 Å². The van der Waals surface area contributed by atoms with Crippen LogP contribution in [0, 0.1) is 0 Å². The van der Waals surface area contributed by atoms with E-state index in [1.807, 2.05) is 11.0 Å². The maximum Gasteiger partial charge on any atom is 0.417 e. The fourth-order valence-electron chi connectivity index (χ4n) is 3.42. The van der Waals surface area contributed by atoms with Crippen molar-refractivity contribution in [3.05, 3.63) is 47.7 Å². The highest BCUT2D eigenvalue weighted by Gasteiger charge is 2.32. The molecule has 1 fully saturated rings. The SMILES string of the molecule is O=C1CNCCN1C1CCOc2cc(Oc3ccc(C(F)(F)F)cn3)ccc21. The zero-order valence-electron chi connectivity index (χ0n) is 14.8. The van der Waals surface area contributed by atoms with Gasteiger partial charge in [-0.25, -0.2) is 4.98 Å². The predicted molar refractivity (Wildman–Crippen MR) is 93.2 cm³/mol. The second-order valence-corrected chi connectivity index (χ2v) is 6.60. The van der Waals surface area contributed by atoms with E-state index >= 15 is 0 Å². The van der Waals surface area contributed by atoms with E-state index in [2.05, 4.69) is 10.3 Å². The van der Waals surface area contributed by atoms with Gasteiger partial charge in [0.05, 0.1) is 24.8 Å². The molecular formula is C19H18F3N3O3. The molecule has 1 N–H and O–H groups in total. The fourth-order valence-corrected chi connectivity index (χ4v) is 3.42. The van der Waals surface area contributed by atoms with E-state index in [0.717, 1.165) is 24.4 Å². The van der Waals surface area contributed by atoms with Gasteiger partial charge in [-0.15, -0.1) is 0 Å². The largest absolute Gasteiger partial charge is 0.493 e. The van der Waals surface area contributed by atoms with Crippen molar-refractivity contribution in [2.24, 2.45) is 0 Å². The molecule has 1 atom stereocenters. The molecular weight excluding hydrogens is 375 g/mol. The van der Waals surface area contributed by atoms with Gasteiger partial charge < -0.3 is 19.7 Å². The van der Waals surface area contributed by atoms with Crippen molar-refractivity contribution in [3.8, 4) is 17.4 Å². The van der Waals surface area contributed by atoms with Crippen LogP contribution < -0.4 is 14.8 Å². The zero-order chi connectivity index (χ0) is 19.7. The highest BCUT2D eigenvalue weighted by molar-refractivity contribution is 5.79. The summed E-state index contributed by atoms with van der Waals surface area (Å²) in [5.41, 5.74) is 0.0615. The Balaban J connectivity index is 1.53. The molecule has 2 aromatic rings. The number of nitrogens with zero attached hydrogens (tertiary/aromatic N) is 2. The number of alkyl halides is 3. The zero-order valence-corrected chi connectivity index (χ0v) is 14.8. The number of aromatic nitrogens is 1. The van der Waals surface area contributed by atoms with Gasteiger partial charge in [0.15, 0.2) is 0 Å². The number of nitrogens with one attached hydrogen (secondary N) is 1. The number of benzene rings is 1. The molecule has 1 aromatic carbocycles. The molecule has 3 heterocycles. The molecule has 28 heavy (non-hydrogen) atoms. The van der Waals surface area contributed by atoms with Gasteiger partial charge in [0, 0.05) is 43.4 Å². The average molecular weight is 393 g/mol. The van der Waals surface area contributed by atoms with Crippen molar-refractivity contribution >= 4 is 5.91 Å². The van der Waals surface area contributed by atoms with Crippen LogP contribution in [0.5, 0.6) is 17.4 Å². The van der Waals surface area contributed by atoms with Crippen LogP contribution in [0.1, 0.15) is 23.6 Å². The summed E-state index contributed by atoms with van der Waals surface area (Å²) < 4.78 is 49.2. The Kier molecular flexibility index (Phi) is 4.84. The first-order valence-corrected chi connectivity index (χ1v) is 8.90. The molecule has 2 aliphatic heterocycles. The molecule has 148 valence electrons. The third-order valence-electron chi connectivity index (χ3n) is 4.78. The molecule has 6 nitrogen and oxygen atoms in total. The van der Waals surface area contributed by atoms with Crippen LogP contribution in [-0.4, -0.2) is 42.0 Å². The lowest BCUT2D eigenvalue weighted by molar-refractivity contribution is -0.138. The fraction of sp³-hybridized carbons (Fsp3) is 0.368. The molecule has 0 radical (unpaired) electrons. The van der Waals surface area contributed by atoms with Crippen LogP contribution >= 0.6 is 0 Å². The lowest BCUT2D eigenvalue weighted by Crippen LogP contribution is -2.50. The summed E-state index contributed by atoms with van der Waals surface area (Å²) in [5.74, 6) is 1.11. The number of fused-ring (bicyclic) bond motifs is 1. The van der Waals surface area contributed by atoms with E-state index < -0.39 is 11.7 Å². The number of carbonyl (C=O) groups is 1. The predicted octanol–water partition coefficient (Wildman–Crippen LogP) is 3.15. The van der Waals surface area contributed by atoms with Crippen molar-refractivity contribution in [2.75, 3.05) is 26.2 Å². The number of amides is 1. The molecule has 9 heteroatoms. The summed E-state index contributed by atoms with van der Waals surface area (Å²) in [7, 11) is 0. The first kappa shape index (κ1) is 18.5. The number of hydrogen-bond acceptors (Lipinski definition) is 5. The van der Waals surface area contributed by atoms with E-state index in [1.165, 1.54) is 6.07 Å². The average Bonchev–Trinajstić information content (AvgIpc) is 2.67. The molecule has 0 spiro atoms. The quantitative estimate of drug-likeness (QED) is 0.868. The number of piperazine rings is 1. The lowest BCUT2D eigenvalue weighted by Gasteiger charge is -2.38. The molecule has 1 amide bonds. The van der Waals surface area contributed by atoms with Crippen LogP contribution in [0.4, 0.5) is 13.2 Å². The van der Waals surface area contributed by atoms with E-state index in [-0.39, 0.29) is 17.8 Å². The van der Waals surface area contributed by atoms with Crippen molar-refractivity contribution in [1.82, 2.24) is 15.2 Å². The Morgan fingerprint density at radius 3 is 2.82 bits per heavy atom. The maximum atomic E-state index is 12.6. The standard InChI is InChI=1S/C19H18F3N3O3/c20-19(21,22)12-1-4-17(24-10-12)28-13-2-3-14-15(5-8-27-16(14)9-13)25-7-6-23-11-18(25)26/h1-4,9-10,15,23H,5-8,11H2. The maximum absolute atomic E-state index is 12.6. The number of pyridine rings is 1. The van der Waals surface area contributed by atoms with Gasteiger partial charge in [-0.3, -0.25) is 4.79 Å². The molecule has 2 aliphatic rings. The normalized spacial score (nSPS) is 19.8. The van der Waals surface area contributed by atoms with Gasteiger partial charge in [0.25, 0.3) is 0 Å². The van der Waals surface area contributed by atoms with Crippen LogP contribution in [0.2, 0.25) is 0 Å². The van der Waals surface area contributed by atoms with Crippen molar-refractivity contribution in [2.45, 2.75) is 18.6 Å². The topological polar surface area (TPSA) is 63.7 Å². The first-order valence-electron chi connectivity index (χ1n) is 8.90. The third-order valence-corrected chi connectivity index (χ3v) is 4.78. The van der Waals surface area contributed by atoms with E-state index in [0.29, 0.717) is 37.6 Å². The second kappa shape index (κ2) is 7.31. The molecule has 1 unspecified atom stereocenters. The van der Waals surface area contributed by atoms with E-state index in [1.54, 1.807) is 12.1 Å². The number of ether oxygens (including phenoxy) is 2. The van der Waals surface area contributed by atoms with Crippen LogP contribution in [0.15, 0.2) is 36.5 Å². The van der Waals surface area contributed by atoms with Crippen LogP contribution in [0.3, 0.4) is 0 Å². The minimum atomic E-state index is -4.44. The number of hydrogen-bond donors (Lipinski definition) is 1. The summed E-state index contributed by atoms with van der Waals surface area (Å²) in [6, 6.07) is 7.24. The Morgan fingerprint density at radius 1 is 1.25 bits per heavy atom. The molecule has 0 aliphatic carbocycles. The summed E-state index contributed by atoms with van der Waals surface area (Å²) in [4.78, 5) is 17.8. The third kappa shape index (κ3) is 3.75. The van der Waals surface area contributed by atoms with Crippen LogP contribution in [0.25, 0.3) is 0 Å². The minimum absolute atomic E-state index is 0.0533. The number of rotatable bonds is 3. The number of halogens is 3. The summed E-state index contributed by atoms with van der Waals surface area (Å²) in [5, 5.41) is 3.06. The number of carbonyl (C=O) groups excluding carboxylic acids is 1. The Labute approximate surface area is 159 Å². The molecule has 4 rings (SSSR count). The molecule has 1 aromatic heterocycles. The second-order valence-electron chi connectivity index (χ2n) is 6.60. The van der Waals surface area contributed by atoms with E-state index in [9.17, 15) is 18.0 Å². The molecule has 0 bridgehead atoms. The Bertz CT molecular complexity index is 871. The summed E-state index contributed by atoms with van der Waals surface area (Å²) >= 11 is 0. The lowest BCUT2D eigenvalue weighted by atomic mass is 9.98. The van der Waals surface area contributed by atoms with Gasteiger partial charge >= 0.3 is 6.18 Å². The summed E-state index contributed by atoms with van der Waals surface area (Å²) in [6.07, 6.45) is -3.00. The van der Waals surface area contributed by atoms with Gasteiger partial charge in [0.2, 0.25) is 11.8 Å². The van der Waals surface area contributed by atoms with Gasteiger partial charge in [-0.2, -0.15) is 13.2 Å². The highest BCUT2D eigenvalue weighted by Crippen LogP contribution is 2.39. The van der Waals surface area contributed by atoms with Crippen molar-refractivity contribution < 1.29 is 27.4 Å². The highest BCUT2D eigenvalue weighted by atomic mass is 19.4. The Morgan fingerprint density at radius 2 is 2.11 bits per heavy atom. The first-order chi connectivity index (χ1) is 13.4. The van der Waals surface area contributed by atoms with Crippen LogP contribution in [-0.2, 0) is 11.0 Å². The summed E-state index contributed by atoms with van der Waals surface area (Å²) in [6.45, 7) is 2.18. The molecule has 0 saturated carbocycles.